The van der Waals surface area contributed by atoms with E-state index in [0.717, 1.165) is 43.0 Å². The number of benzene rings is 2. The van der Waals surface area contributed by atoms with Gasteiger partial charge in [0.2, 0.25) is 0 Å². The molecule has 0 spiro atoms. The summed E-state index contributed by atoms with van der Waals surface area (Å²) in [5.41, 5.74) is 1.61. The van der Waals surface area contributed by atoms with Crippen molar-refractivity contribution in [2.75, 3.05) is 0 Å². The molecule has 1 unspecified atom stereocenters. The number of aromatic nitrogens is 3. The van der Waals surface area contributed by atoms with Gasteiger partial charge >= 0.3 is 0 Å². The van der Waals surface area contributed by atoms with Gasteiger partial charge in [-0.3, -0.25) is 4.79 Å². The summed E-state index contributed by atoms with van der Waals surface area (Å²) >= 11 is 0. The maximum Gasteiger partial charge on any atom is 0.251 e. The second kappa shape index (κ2) is 7.00. The zero-order valence-electron chi connectivity index (χ0n) is 14.3. The lowest BCUT2D eigenvalue weighted by molar-refractivity contribution is 0.0933. The fraction of sp³-hybridized carbons (Fsp3) is 0.250. The summed E-state index contributed by atoms with van der Waals surface area (Å²) in [4.78, 5) is 12.4. The first-order chi connectivity index (χ1) is 12.7. The minimum absolute atomic E-state index is 0.0848. The quantitative estimate of drug-likeness (QED) is 0.763. The van der Waals surface area contributed by atoms with Gasteiger partial charge in [0.15, 0.2) is 5.82 Å². The Morgan fingerprint density at radius 2 is 1.81 bits per heavy atom. The molecule has 2 aromatic carbocycles. The van der Waals surface area contributed by atoms with Crippen molar-refractivity contribution in [2.24, 2.45) is 0 Å². The largest absolute Gasteiger partial charge is 0.508 e. The molecule has 26 heavy (non-hydrogen) atoms. The molecule has 0 bridgehead atoms. The first kappa shape index (κ1) is 16.3. The van der Waals surface area contributed by atoms with Crippen molar-refractivity contribution in [3.8, 4) is 17.1 Å². The second-order valence-electron chi connectivity index (χ2n) is 6.50. The van der Waals surface area contributed by atoms with Crippen LogP contribution in [0.2, 0.25) is 0 Å². The van der Waals surface area contributed by atoms with Crippen molar-refractivity contribution in [1.29, 1.82) is 0 Å². The summed E-state index contributed by atoms with van der Waals surface area (Å²) < 4.78 is 2.15. The number of carbonyl (C=O) groups excluding carboxylic acids is 1. The average molecular weight is 348 g/mol. The summed E-state index contributed by atoms with van der Waals surface area (Å²) in [6.07, 6.45) is 2.44. The lowest BCUT2D eigenvalue weighted by atomic mass is 10.1. The second-order valence-corrected chi connectivity index (χ2v) is 6.50. The Kier molecular flexibility index (Phi) is 4.39. The van der Waals surface area contributed by atoms with Crippen molar-refractivity contribution < 1.29 is 9.90 Å². The van der Waals surface area contributed by atoms with Crippen molar-refractivity contribution in [3.05, 3.63) is 66.0 Å². The highest BCUT2D eigenvalue weighted by atomic mass is 16.3. The maximum atomic E-state index is 12.4. The molecule has 1 atom stereocenters. The third-order valence-electron chi connectivity index (χ3n) is 4.74. The Balaban J connectivity index is 1.46. The highest BCUT2D eigenvalue weighted by Gasteiger charge is 2.22. The molecule has 0 fully saturated rings. The average Bonchev–Trinajstić information content (AvgIpc) is 2.98. The highest BCUT2D eigenvalue weighted by molar-refractivity contribution is 5.94. The lowest BCUT2D eigenvalue weighted by Crippen LogP contribution is -2.35. The van der Waals surface area contributed by atoms with Crippen LogP contribution in [0, 0.1) is 0 Å². The first-order valence-electron chi connectivity index (χ1n) is 8.78. The summed E-state index contributed by atoms with van der Waals surface area (Å²) in [5, 5.41) is 21.1. The van der Waals surface area contributed by atoms with E-state index in [1.807, 2.05) is 30.3 Å². The Morgan fingerprint density at radius 1 is 1.04 bits per heavy atom. The number of amides is 1. The summed E-state index contributed by atoms with van der Waals surface area (Å²) in [5.74, 6) is 1.88. The topological polar surface area (TPSA) is 80.0 Å². The number of rotatable bonds is 3. The van der Waals surface area contributed by atoms with E-state index in [0.29, 0.717) is 5.56 Å². The molecule has 2 heterocycles. The molecule has 6 nitrogen and oxygen atoms in total. The molecule has 132 valence electrons. The number of nitrogens with one attached hydrogen (secondary N) is 1. The predicted octanol–water partition coefficient (Wildman–Crippen LogP) is 2.79. The van der Waals surface area contributed by atoms with Crippen LogP contribution < -0.4 is 5.32 Å². The van der Waals surface area contributed by atoms with Crippen LogP contribution in [-0.4, -0.2) is 31.8 Å². The number of nitrogens with zero attached hydrogens (tertiary/aromatic N) is 3. The van der Waals surface area contributed by atoms with Gasteiger partial charge in [0.1, 0.15) is 11.6 Å². The molecule has 4 rings (SSSR count). The Labute approximate surface area is 151 Å². The van der Waals surface area contributed by atoms with E-state index < -0.39 is 0 Å². The minimum Gasteiger partial charge on any atom is -0.508 e. The van der Waals surface area contributed by atoms with Crippen LogP contribution in [-0.2, 0) is 13.0 Å². The molecule has 1 aliphatic rings. The van der Waals surface area contributed by atoms with Crippen LogP contribution in [0.3, 0.4) is 0 Å². The smallest absolute Gasteiger partial charge is 0.251 e. The van der Waals surface area contributed by atoms with Gasteiger partial charge in [0, 0.05) is 30.1 Å². The van der Waals surface area contributed by atoms with Gasteiger partial charge in [-0.2, -0.15) is 0 Å². The Morgan fingerprint density at radius 3 is 2.58 bits per heavy atom. The van der Waals surface area contributed by atoms with Crippen molar-refractivity contribution in [1.82, 2.24) is 20.1 Å². The standard InChI is InChI=1S/C20H20N4O2/c25-17-9-6-15(7-10-17)20(26)21-16-8-11-18-22-23-19(24(18)13-12-16)14-4-2-1-3-5-14/h1-7,9-10,16,25H,8,11-13H2,(H,21,26). The summed E-state index contributed by atoms with van der Waals surface area (Å²) in [6, 6.07) is 16.4. The van der Waals surface area contributed by atoms with E-state index in [1.165, 1.54) is 12.1 Å². The zero-order valence-corrected chi connectivity index (χ0v) is 14.3. The molecule has 1 amide bonds. The monoisotopic (exact) mass is 348 g/mol. The fourth-order valence-corrected chi connectivity index (χ4v) is 3.31. The van der Waals surface area contributed by atoms with Crippen LogP contribution in [0.25, 0.3) is 11.4 Å². The van der Waals surface area contributed by atoms with Gasteiger partial charge in [0.05, 0.1) is 0 Å². The Bertz CT molecular complexity index is 903. The van der Waals surface area contributed by atoms with Gasteiger partial charge in [-0.05, 0) is 37.1 Å². The molecular formula is C20H20N4O2. The normalized spacial score (nSPS) is 16.5. The molecular weight excluding hydrogens is 328 g/mol. The first-order valence-corrected chi connectivity index (χ1v) is 8.78. The number of fused-ring (bicyclic) bond motifs is 1. The van der Waals surface area contributed by atoms with E-state index in [2.05, 4.69) is 20.1 Å². The van der Waals surface area contributed by atoms with Gasteiger partial charge in [0.25, 0.3) is 5.91 Å². The third kappa shape index (κ3) is 3.31. The molecule has 1 aliphatic heterocycles. The molecule has 0 saturated carbocycles. The van der Waals surface area contributed by atoms with Crippen LogP contribution >= 0.6 is 0 Å². The number of hydrogen-bond donors (Lipinski definition) is 2. The molecule has 1 aromatic heterocycles. The summed E-state index contributed by atoms with van der Waals surface area (Å²) in [6.45, 7) is 0.771. The van der Waals surface area contributed by atoms with E-state index >= 15 is 0 Å². The van der Waals surface area contributed by atoms with Crippen LogP contribution in [0.4, 0.5) is 0 Å². The van der Waals surface area contributed by atoms with E-state index in [-0.39, 0.29) is 17.7 Å². The number of aryl methyl sites for hydroxylation is 1. The van der Waals surface area contributed by atoms with Gasteiger partial charge in [-0.25, -0.2) is 0 Å². The van der Waals surface area contributed by atoms with Gasteiger partial charge in [-0.1, -0.05) is 30.3 Å². The van der Waals surface area contributed by atoms with E-state index in [4.69, 9.17) is 0 Å². The lowest BCUT2D eigenvalue weighted by Gasteiger charge is -2.16. The van der Waals surface area contributed by atoms with E-state index in [9.17, 15) is 9.90 Å². The van der Waals surface area contributed by atoms with Crippen molar-refractivity contribution in [2.45, 2.75) is 31.8 Å². The predicted molar refractivity (Wildman–Crippen MR) is 97.8 cm³/mol. The van der Waals surface area contributed by atoms with Crippen molar-refractivity contribution in [3.63, 3.8) is 0 Å². The number of carbonyl (C=O) groups is 1. The van der Waals surface area contributed by atoms with Crippen molar-refractivity contribution >= 4 is 5.91 Å². The molecule has 0 radical (unpaired) electrons. The molecule has 3 aromatic rings. The SMILES string of the molecule is O=C(NC1CCc2nnc(-c3ccccc3)n2CC1)c1ccc(O)cc1. The molecule has 2 N–H and O–H groups in total. The number of phenols is 1. The molecule has 0 saturated heterocycles. The van der Waals surface area contributed by atoms with Crippen LogP contribution in [0.5, 0.6) is 5.75 Å². The van der Waals surface area contributed by atoms with Gasteiger partial charge < -0.3 is 15.0 Å². The van der Waals surface area contributed by atoms with Crippen LogP contribution in [0.1, 0.15) is 29.0 Å². The number of phenolic OH excluding ortho intramolecular Hbond substituents is 1. The highest BCUT2D eigenvalue weighted by Crippen LogP contribution is 2.22. The third-order valence-corrected chi connectivity index (χ3v) is 4.74. The zero-order chi connectivity index (χ0) is 17.9. The van der Waals surface area contributed by atoms with E-state index in [1.54, 1.807) is 12.1 Å². The minimum atomic E-state index is -0.115. The maximum absolute atomic E-state index is 12.4. The number of hydrogen-bond acceptors (Lipinski definition) is 4. The summed E-state index contributed by atoms with van der Waals surface area (Å²) in [7, 11) is 0. The van der Waals surface area contributed by atoms with Gasteiger partial charge in [-0.15, -0.1) is 10.2 Å². The number of aromatic hydroxyl groups is 1. The van der Waals surface area contributed by atoms with Crippen LogP contribution in [0.15, 0.2) is 54.6 Å². The molecule has 6 heteroatoms. The molecule has 0 aliphatic carbocycles. The fourth-order valence-electron chi connectivity index (χ4n) is 3.31. The Hall–Kier alpha value is -3.15.